The molecular formula is C12H9FN2O4S. The third-order valence-electron chi connectivity index (χ3n) is 2.33. The van der Waals surface area contributed by atoms with Gasteiger partial charge in [-0.15, -0.1) is 11.3 Å². The number of carboxylic acid groups (broad SMARTS) is 1. The van der Waals surface area contributed by atoms with Crippen molar-refractivity contribution in [1.29, 1.82) is 0 Å². The predicted molar refractivity (Wildman–Crippen MR) is 70.0 cm³/mol. The second kappa shape index (κ2) is 5.66. The van der Waals surface area contributed by atoms with Gasteiger partial charge in [0.2, 0.25) is 0 Å². The van der Waals surface area contributed by atoms with Crippen molar-refractivity contribution in [2.45, 2.75) is 0 Å². The van der Waals surface area contributed by atoms with Crippen molar-refractivity contribution in [3.8, 4) is 5.75 Å². The standard InChI is InChI=1S/C12H9FN2O4S/c1-19-9-4-6(2-3-7(9)13)14-10(16)11-15-8(5-20-11)12(17)18/h2-5H,1H3,(H,14,16)(H,17,18). The summed E-state index contributed by atoms with van der Waals surface area (Å²) in [5.41, 5.74) is 0.122. The first-order valence-corrected chi connectivity index (χ1v) is 6.23. The Morgan fingerprint density at radius 3 is 2.80 bits per heavy atom. The molecule has 20 heavy (non-hydrogen) atoms. The molecule has 1 amide bonds. The van der Waals surface area contributed by atoms with Gasteiger partial charge in [0.1, 0.15) is 0 Å². The number of anilines is 1. The van der Waals surface area contributed by atoms with Crippen LogP contribution in [0.5, 0.6) is 5.75 Å². The minimum atomic E-state index is -1.20. The Morgan fingerprint density at radius 1 is 1.45 bits per heavy atom. The van der Waals surface area contributed by atoms with Gasteiger partial charge in [-0.3, -0.25) is 4.79 Å². The Morgan fingerprint density at radius 2 is 2.20 bits per heavy atom. The summed E-state index contributed by atoms with van der Waals surface area (Å²) in [5.74, 6) is -2.33. The number of hydrogen-bond donors (Lipinski definition) is 2. The Hall–Kier alpha value is -2.48. The van der Waals surface area contributed by atoms with E-state index in [1.165, 1.54) is 24.6 Å². The number of thiazole rings is 1. The first kappa shape index (κ1) is 13.9. The number of nitrogens with zero attached hydrogens (tertiary/aromatic N) is 1. The Kier molecular flexibility index (Phi) is 3.94. The van der Waals surface area contributed by atoms with E-state index in [2.05, 4.69) is 10.3 Å². The van der Waals surface area contributed by atoms with Crippen molar-refractivity contribution in [2.24, 2.45) is 0 Å². The SMILES string of the molecule is COc1cc(NC(=O)c2nc(C(=O)O)cs2)ccc1F. The molecule has 2 aromatic rings. The fraction of sp³-hybridized carbons (Fsp3) is 0.0833. The second-order valence-corrected chi connectivity index (χ2v) is 4.50. The van der Waals surface area contributed by atoms with E-state index in [0.717, 1.165) is 17.4 Å². The average Bonchev–Trinajstić information content (AvgIpc) is 2.91. The maximum absolute atomic E-state index is 13.2. The van der Waals surface area contributed by atoms with Crippen LogP contribution in [0.15, 0.2) is 23.6 Å². The topological polar surface area (TPSA) is 88.5 Å². The van der Waals surface area contributed by atoms with E-state index in [9.17, 15) is 14.0 Å². The minimum absolute atomic E-state index is 0.00527. The lowest BCUT2D eigenvalue weighted by molar-refractivity contribution is 0.0691. The highest BCUT2D eigenvalue weighted by Gasteiger charge is 2.15. The summed E-state index contributed by atoms with van der Waals surface area (Å²) in [6.45, 7) is 0. The van der Waals surface area contributed by atoms with Gasteiger partial charge in [0.05, 0.1) is 7.11 Å². The molecule has 0 radical (unpaired) electrons. The molecule has 2 rings (SSSR count). The molecule has 0 aliphatic heterocycles. The molecule has 0 fully saturated rings. The molecule has 0 spiro atoms. The molecule has 8 heteroatoms. The maximum Gasteiger partial charge on any atom is 0.355 e. The van der Waals surface area contributed by atoms with Crippen LogP contribution in [0.25, 0.3) is 0 Å². The molecule has 104 valence electrons. The van der Waals surface area contributed by atoms with Crippen LogP contribution in [0.2, 0.25) is 0 Å². The first-order chi connectivity index (χ1) is 9.51. The van der Waals surface area contributed by atoms with Crippen molar-refractivity contribution in [1.82, 2.24) is 4.98 Å². The zero-order valence-electron chi connectivity index (χ0n) is 10.2. The number of nitrogens with one attached hydrogen (secondary N) is 1. The summed E-state index contributed by atoms with van der Waals surface area (Å²) < 4.78 is 18.0. The number of carboxylic acids is 1. The van der Waals surface area contributed by atoms with Crippen molar-refractivity contribution in [3.63, 3.8) is 0 Å². The Balaban J connectivity index is 2.16. The van der Waals surface area contributed by atoms with E-state index in [-0.39, 0.29) is 16.5 Å². The normalized spacial score (nSPS) is 10.1. The third-order valence-corrected chi connectivity index (χ3v) is 3.17. The van der Waals surface area contributed by atoms with Gasteiger partial charge in [0.25, 0.3) is 5.91 Å². The van der Waals surface area contributed by atoms with Crippen molar-refractivity contribution >= 4 is 28.9 Å². The number of aromatic carboxylic acids is 1. The van der Waals surface area contributed by atoms with E-state index in [0.29, 0.717) is 5.69 Å². The lowest BCUT2D eigenvalue weighted by atomic mass is 10.3. The van der Waals surface area contributed by atoms with E-state index in [4.69, 9.17) is 9.84 Å². The highest BCUT2D eigenvalue weighted by Crippen LogP contribution is 2.22. The lowest BCUT2D eigenvalue weighted by Gasteiger charge is -2.06. The summed E-state index contributed by atoms with van der Waals surface area (Å²) >= 11 is 0.909. The third kappa shape index (κ3) is 2.91. The number of amides is 1. The number of ether oxygens (including phenoxy) is 1. The molecule has 0 atom stereocenters. The number of hydrogen-bond acceptors (Lipinski definition) is 5. The van der Waals surface area contributed by atoms with Crippen LogP contribution in [0.3, 0.4) is 0 Å². The number of carbonyl (C=O) groups is 2. The van der Waals surface area contributed by atoms with Crippen LogP contribution in [0, 0.1) is 5.82 Å². The maximum atomic E-state index is 13.2. The lowest BCUT2D eigenvalue weighted by Crippen LogP contribution is -2.12. The molecule has 1 heterocycles. The molecule has 0 bridgehead atoms. The number of aromatic nitrogens is 1. The first-order valence-electron chi connectivity index (χ1n) is 5.35. The Bertz CT molecular complexity index is 671. The number of benzene rings is 1. The van der Waals surface area contributed by atoms with Gasteiger partial charge < -0.3 is 15.2 Å². The monoisotopic (exact) mass is 296 g/mol. The Labute approximate surface area is 116 Å². The van der Waals surface area contributed by atoms with Gasteiger partial charge in [-0.2, -0.15) is 0 Å². The number of halogens is 1. The highest BCUT2D eigenvalue weighted by molar-refractivity contribution is 7.12. The smallest absolute Gasteiger partial charge is 0.355 e. The van der Waals surface area contributed by atoms with Crippen LogP contribution < -0.4 is 10.1 Å². The van der Waals surface area contributed by atoms with Crippen LogP contribution in [0.4, 0.5) is 10.1 Å². The number of rotatable bonds is 4. The van der Waals surface area contributed by atoms with Gasteiger partial charge in [0, 0.05) is 17.1 Å². The van der Waals surface area contributed by atoms with Crippen LogP contribution in [0.1, 0.15) is 20.3 Å². The highest BCUT2D eigenvalue weighted by atomic mass is 32.1. The van der Waals surface area contributed by atoms with E-state index >= 15 is 0 Å². The van der Waals surface area contributed by atoms with E-state index < -0.39 is 17.7 Å². The predicted octanol–water partition coefficient (Wildman–Crippen LogP) is 2.24. The van der Waals surface area contributed by atoms with Gasteiger partial charge in [-0.25, -0.2) is 14.2 Å². The molecular weight excluding hydrogens is 287 g/mol. The van der Waals surface area contributed by atoms with Gasteiger partial charge >= 0.3 is 5.97 Å². The second-order valence-electron chi connectivity index (χ2n) is 3.65. The minimum Gasteiger partial charge on any atom is -0.494 e. The summed E-state index contributed by atoms with van der Waals surface area (Å²) in [4.78, 5) is 26.2. The molecule has 0 unspecified atom stereocenters. The van der Waals surface area contributed by atoms with Gasteiger partial charge in [-0.1, -0.05) is 0 Å². The molecule has 0 saturated heterocycles. The largest absolute Gasteiger partial charge is 0.494 e. The molecule has 0 saturated carbocycles. The molecule has 6 nitrogen and oxygen atoms in total. The van der Waals surface area contributed by atoms with Crippen LogP contribution >= 0.6 is 11.3 Å². The van der Waals surface area contributed by atoms with E-state index in [1.54, 1.807) is 0 Å². The molecule has 2 N–H and O–H groups in total. The van der Waals surface area contributed by atoms with Crippen LogP contribution in [-0.2, 0) is 0 Å². The quantitative estimate of drug-likeness (QED) is 0.903. The van der Waals surface area contributed by atoms with E-state index in [1.807, 2.05) is 0 Å². The molecule has 1 aromatic carbocycles. The summed E-state index contributed by atoms with van der Waals surface area (Å²) in [6.07, 6.45) is 0. The number of carbonyl (C=O) groups excluding carboxylic acids is 1. The fourth-order valence-corrected chi connectivity index (χ4v) is 2.08. The molecule has 0 aliphatic rings. The summed E-state index contributed by atoms with van der Waals surface area (Å²) in [5, 5.41) is 12.5. The summed E-state index contributed by atoms with van der Waals surface area (Å²) in [7, 11) is 1.31. The number of methoxy groups -OCH3 is 1. The zero-order valence-corrected chi connectivity index (χ0v) is 11.0. The summed E-state index contributed by atoms with van der Waals surface area (Å²) in [6, 6.07) is 3.83. The average molecular weight is 296 g/mol. The van der Waals surface area contributed by atoms with Gasteiger partial charge in [0.15, 0.2) is 22.3 Å². The molecule has 0 aliphatic carbocycles. The van der Waals surface area contributed by atoms with Crippen molar-refractivity contribution < 1.29 is 23.8 Å². The van der Waals surface area contributed by atoms with Crippen molar-refractivity contribution in [3.05, 3.63) is 40.1 Å². The fourth-order valence-electron chi connectivity index (χ4n) is 1.40. The zero-order chi connectivity index (χ0) is 14.7. The van der Waals surface area contributed by atoms with Crippen LogP contribution in [-0.4, -0.2) is 29.1 Å². The molecule has 1 aromatic heterocycles. The van der Waals surface area contributed by atoms with Gasteiger partial charge in [-0.05, 0) is 12.1 Å². The van der Waals surface area contributed by atoms with Crippen molar-refractivity contribution in [2.75, 3.05) is 12.4 Å².